The van der Waals surface area contributed by atoms with Crippen molar-refractivity contribution in [2.75, 3.05) is 17.7 Å². The number of methoxy groups -OCH3 is 1. The van der Waals surface area contributed by atoms with E-state index in [1.807, 2.05) is 0 Å². The lowest BCUT2D eigenvalue weighted by Crippen LogP contribution is -2.35. The van der Waals surface area contributed by atoms with Crippen LogP contribution in [0.2, 0.25) is 15.1 Å². The van der Waals surface area contributed by atoms with E-state index < -0.39 is 24.2 Å². The monoisotopic (exact) mass is 518 g/mol. The number of aromatic nitrogens is 2. The molecule has 0 saturated carbocycles. The molecular weight excluding hydrogens is 504 g/mol. The molecule has 1 aliphatic rings. The number of rotatable bonds is 4. The highest BCUT2D eigenvalue weighted by Gasteiger charge is 2.47. The lowest BCUT2D eigenvalue weighted by Gasteiger charge is -2.33. The molecule has 3 aromatic rings. The molecule has 12 heteroatoms. The van der Waals surface area contributed by atoms with Gasteiger partial charge in [0.2, 0.25) is 0 Å². The number of hydrogen-bond acceptors (Lipinski definition) is 4. The molecule has 1 aromatic heterocycles. The zero-order valence-electron chi connectivity index (χ0n) is 16.9. The van der Waals surface area contributed by atoms with Gasteiger partial charge in [-0.3, -0.25) is 4.79 Å². The van der Waals surface area contributed by atoms with Crippen molar-refractivity contribution in [3.63, 3.8) is 0 Å². The molecule has 2 aromatic carbocycles. The number of nitrogens with zero attached hydrogens (tertiary/aromatic N) is 2. The summed E-state index contributed by atoms with van der Waals surface area (Å²) in [6.45, 7) is 0. The Morgan fingerprint density at radius 2 is 1.85 bits per heavy atom. The highest BCUT2D eigenvalue weighted by molar-refractivity contribution is 6.44. The van der Waals surface area contributed by atoms with Gasteiger partial charge < -0.3 is 15.4 Å². The molecule has 1 amide bonds. The molecule has 0 radical (unpaired) electrons. The maximum absolute atomic E-state index is 13.9. The Morgan fingerprint density at radius 1 is 1.15 bits per heavy atom. The van der Waals surface area contributed by atoms with Crippen LogP contribution >= 0.6 is 34.8 Å². The van der Waals surface area contributed by atoms with Crippen molar-refractivity contribution in [2.24, 2.45) is 0 Å². The summed E-state index contributed by atoms with van der Waals surface area (Å²) in [5.41, 5.74) is 0.401. The van der Waals surface area contributed by atoms with E-state index >= 15 is 0 Å². The number of fused-ring (bicyclic) bond motifs is 1. The van der Waals surface area contributed by atoms with Gasteiger partial charge in [-0.05, 0) is 29.8 Å². The maximum atomic E-state index is 13.9. The van der Waals surface area contributed by atoms with Crippen molar-refractivity contribution >= 4 is 52.2 Å². The lowest BCUT2D eigenvalue weighted by molar-refractivity contribution is -0.173. The fourth-order valence-electron chi connectivity index (χ4n) is 3.57. The van der Waals surface area contributed by atoms with Gasteiger partial charge in [-0.25, -0.2) is 4.68 Å². The first-order valence-electron chi connectivity index (χ1n) is 9.60. The van der Waals surface area contributed by atoms with Crippen molar-refractivity contribution in [1.29, 1.82) is 0 Å². The molecule has 0 saturated heterocycles. The van der Waals surface area contributed by atoms with Gasteiger partial charge >= 0.3 is 6.18 Å². The molecule has 1 aliphatic heterocycles. The summed E-state index contributed by atoms with van der Waals surface area (Å²) in [5, 5.41) is 9.41. The molecule has 0 aliphatic carbocycles. The lowest BCUT2D eigenvalue weighted by atomic mass is 9.97. The van der Waals surface area contributed by atoms with Gasteiger partial charge in [-0.1, -0.05) is 53.0 Å². The van der Waals surface area contributed by atoms with Gasteiger partial charge in [0.25, 0.3) is 5.91 Å². The topological polar surface area (TPSA) is 68.2 Å². The van der Waals surface area contributed by atoms with Crippen LogP contribution < -0.4 is 15.4 Å². The van der Waals surface area contributed by atoms with E-state index in [2.05, 4.69) is 15.7 Å². The molecular formula is C21H16Cl3F3N4O2. The Hall–Kier alpha value is -2.62. The number of ether oxygens (including phenoxy) is 1. The second-order valence-corrected chi connectivity index (χ2v) is 8.44. The molecule has 0 bridgehead atoms. The van der Waals surface area contributed by atoms with E-state index in [0.717, 1.165) is 0 Å². The molecule has 2 heterocycles. The van der Waals surface area contributed by atoms with Crippen LogP contribution in [0.3, 0.4) is 0 Å². The summed E-state index contributed by atoms with van der Waals surface area (Å²) in [7, 11) is 1.50. The molecule has 0 spiro atoms. The van der Waals surface area contributed by atoms with Crippen LogP contribution in [0.15, 0.2) is 42.5 Å². The number of nitrogens with one attached hydrogen (secondary N) is 2. The summed E-state index contributed by atoms with van der Waals surface area (Å²) >= 11 is 18.4. The van der Waals surface area contributed by atoms with Crippen LogP contribution in [0, 0.1) is 0 Å². The van der Waals surface area contributed by atoms with E-state index in [0.29, 0.717) is 16.0 Å². The summed E-state index contributed by atoms with van der Waals surface area (Å²) < 4.78 is 47.6. The summed E-state index contributed by atoms with van der Waals surface area (Å²) in [6, 6.07) is 8.51. The minimum atomic E-state index is -4.62. The predicted octanol–water partition coefficient (Wildman–Crippen LogP) is 6.76. The number of anilines is 2. The molecule has 4 rings (SSSR count). The maximum Gasteiger partial charge on any atom is 0.410 e. The van der Waals surface area contributed by atoms with Gasteiger partial charge in [0, 0.05) is 6.42 Å². The number of benzene rings is 2. The largest absolute Gasteiger partial charge is 0.497 e. The van der Waals surface area contributed by atoms with Crippen LogP contribution in [-0.4, -0.2) is 29.0 Å². The van der Waals surface area contributed by atoms with Gasteiger partial charge in [0.15, 0.2) is 11.7 Å². The van der Waals surface area contributed by atoms with Crippen molar-refractivity contribution in [1.82, 2.24) is 9.78 Å². The Labute approximate surface area is 201 Å². The van der Waals surface area contributed by atoms with E-state index in [-0.39, 0.29) is 38.7 Å². The van der Waals surface area contributed by atoms with Crippen LogP contribution in [0.4, 0.5) is 24.7 Å². The minimum absolute atomic E-state index is 0.0819. The number of amides is 1. The van der Waals surface area contributed by atoms with Crippen LogP contribution in [0.5, 0.6) is 5.75 Å². The summed E-state index contributed by atoms with van der Waals surface area (Å²) in [5.74, 6) is -0.355. The van der Waals surface area contributed by atoms with Crippen LogP contribution in [-0.2, 0) is 0 Å². The van der Waals surface area contributed by atoms with Crippen molar-refractivity contribution in [3.05, 3.63) is 68.8 Å². The third-order valence-electron chi connectivity index (χ3n) is 5.23. The fourth-order valence-corrected chi connectivity index (χ4v) is 4.18. The van der Waals surface area contributed by atoms with Gasteiger partial charge in [0.05, 0.1) is 28.9 Å². The second kappa shape index (κ2) is 8.96. The first-order valence-corrected chi connectivity index (χ1v) is 10.7. The summed E-state index contributed by atoms with van der Waals surface area (Å²) in [4.78, 5) is 12.8. The molecule has 6 nitrogen and oxygen atoms in total. The molecule has 2 atom stereocenters. The Morgan fingerprint density at radius 3 is 2.48 bits per heavy atom. The first-order chi connectivity index (χ1) is 15.6. The molecule has 33 heavy (non-hydrogen) atoms. The standard InChI is InChI=1S/C21H16Cl3F3N4O2/c1-33-11-7-5-10(6-8-11)14-9-15(21(25,26)27)31-19(28-14)17(24)18(30-31)20(32)29-13-4-2-3-12(22)16(13)23/h2-8,14-15,28H,9H2,1H3,(H,29,32). The van der Waals surface area contributed by atoms with Crippen LogP contribution in [0.1, 0.15) is 34.6 Å². The number of halogens is 6. The smallest absolute Gasteiger partial charge is 0.410 e. The van der Waals surface area contributed by atoms with E-state index in [9.17, 15) is 18.0 Å². The van der Waals surface area contributed by atoms with E-state index in [1.54, 1.807) is 30.3 Å². The van der Waals surface area contributed by atoms with Gasteiger partial charge in [0.1, 0.15) is 16.6 Å². The van der Waals surface area contributed by atoms with Crippen molar-refractivity contribution in [2.45, 2.75) is 24.7 Å². The molecule has 0 fully saturated rings. The Bertz CT molecular complexity index is 1200. The minimum Gasteiger partial charge on any atom is -0.497 e. The highest BCUT2D eigenvalue weighted by Crippen LogP contribution is 2.46. The van der Waals surface area contributed by atoms with Gasteiger partial charge in [-0.15, -0.1) is 0 Å². The molecule has 2 N–H and O–H groups in total. The average Bonchev–Trinajstić information content (AvgIpc) is 3.12. The number of hydrogen-bond donors (Lipinski definition) is 2. The Balaban J connectivity index is 1.70. The van der Waals surface area contributed by atoms with E-state index in [4.69, 9.17) is 39.5 Å². The third kappa shape index (κ3) is 4.58. The third-order valence-corrected chi connectivity index (χ3v) is 6.41. The van der Waals surface area contributed by atoms with Crippen LogP contribution in [0.25, 0.3) is 0 Å². The normalized spacial score (nSPS) is 17.8. The zero-order valence-corrected chi connectivity index (χ0v) is 19.1. The SMILES string of the molecule is COc1ccc(C2CC(C(F)(F)F)n3nc(C(=O)Nc4cccc(Cl)c4Cl)c(Cl)c3N2)cc1. The predicted molar refractivity (Wildman–Crippen MR) is 121 cm³/mol. The van der Waals surface area contributed by atoms with Gasteiger partial charge in [-0.2, -0.15) is 18.3 Å². The number of carbonyl (C=O) groups is 1. The average molecular weight is 520 g/mol. The second-order valence-electron chi connectivity index (χ2n) is 7.27. The van der Waals surface area contributed by atoms with Crippen molar-refractivity contribution in [3.8, 4) is 5.75 Å². The Kier molecular flexibility index (Phi) is 6.39. The summed E-state index contributed by atoms with van der Waals surface area (Å²) in [6.07, 6.45) is -4.97. The quantitative estimate of drug-likeness (QED) is 0.399. The van der Waals surface area contributed by atoms with Crippen molar-refractivity contribution < 1.29 is 22.7 Å². The fraction of sp³-hybridized carbons (Fsp3) is 0.238. The van der Waals surface area contributed by atoms with E-state index in [1.165, 1.54) is 19.2 Å². The number of carbonyl (C=O) groups excluding carboxylic acids is 1. The highest BCUT2D eigenvalue weighted by atomic mass is 35.5. The molecule has 2 unspecified atom stereocenters. The molecule has 174 valence electrons. The zero-order chi connectivity index (χ0) is 23.9. The number of alkyl halides is 3. The first kappa shape index (κ1) is 23.5.